The Balaban J connectivity index is 1.84. The molecule has 3 aromatic rings. The number of aromatic nitrogens is 2. The third kappa shape index (κ3) is 1.26. The lowest BCUT2D eigenvalue weighted by Gasteiger charge is -2.11. The highest BCUT2D eigenvalue weighted by molar-refractivity contribution is 5.86. The Morgan fingerprint density at radius 3 is 3.00 bits per heavy atom. The van der Waals surface area contributed by atoms with Gasteiger partial charge in [0.1, 0.15) is 6.26 Å². The van der Waals surface area contributed by atoms with Gasteiger partial charge in [-0.3, -0.25) is 4.57 Å². The molecule has 0 saturated heterocycles. The van der Waals surface area contributed by atoms with E-state index in [1.807, 2.05) is 0 Å². The molecule has 0 amide bonds. The summed E-state index contributed by atoms with van der Waals surface area (Å²) in [6.45, 7) is 0. The van der Waals surface area contributed by atoms with Crippen LogP contribution in [-0.2, 0) is 0 Å². The van der Waals surface area contributed by atoms with Crippen molar-refractivity contribution in [3.8, 4) is 11.6 Å². The third-order valence-corrected chi connectivity index (χ3v) is 5.03. The summed E-state index contributed by atoms with van der Waals surface area (Å²) in [5.74, 6) is -0.277. The second-order valence-electron chi connectivity index (χ2n) is 6.10. The van der Waals surface area contributed by atoms with Gasteiger partial charge in [0.2, 0.25) is 5.88 Å². The molecule has 5 nitrogen and oxygen atoms in total. The molecule has 1 saturated carbocycles. The van der Waals surface area contributed by atoms with Crippen molar-refractivity contribution in [2.45, 2.75) is 31.2 Å². The van der Waals surface area contributed by atoms with E-state index >= 15 is 0 Å². The average Bonchev–Trinajstić information content (AvgIpc) is 3.23. The number of hydrogen-bond donors (Lipinski definition) is 1. The third-order valence-electron chi connectivity index (χ3n) is 5.03. The Hall–Kier alpha value is -2.50. The summed E-state index contributed by atoms with van der Waals surface area (Å²) in [4.78, 5) is 12.7. The van der Waals surface area contributed by atoms with Gasteiger partial charge in [-0.15, -0.1) is 0 Å². The van der Waals surface area contributed by atoms with Gasteiger partial charge in [0.05, 0.1) is 11.4 Å². The van der Waals surface area contributed by atoms with Gasteiger partial charge in [0.15, 0.2) is 11.4 Å². The molecule has 2 bridgehead atoms. The molecule has 2 atom stereocenters. The Morgan fingerprint density at radius 1 is 1.32 bits per heavy atom. The number of furan rings is 1. The largest absolute Gasteiger partial charge is 0.493 e. The van der Waals surface area contributed by atoms with Gasteiger partial charge >= 0.3 is 5.69 Å². The Labute approximate surface area is 124 Å². The van der Waals surface area contributed by atoms with Crippen molar-refractivity contribution in [2.75, 3.05) is 0 Å². The second kappa shape index (κ2) is 3.82. The predicted molar refractivity (Wildman–Crippen MR) is 77.1 cm³/mol. The van der Waals surface area contributed by atoms with E-state index in [9.17, 15) is 14.3 Å². The molecule has 1 aromatic carbocycles. The fourth-order valence-electron chi connectivity index (χ4n) is 4.10. The van der Waals surface area contributed by atoms with Crippen LogP contribution in [-0.4, -0.2) is 14.2 Å². The molecule has 6 heteroatoms. The first-order valence-electron chi connectivity index (χ1n) is 7.39. The molecule has 1 aliphatic heterocycles. The number of aromatic hydroxyl groups is 1. The maximum absolute atomic E-state index is 13.8. The van der Waals surface area contributed by atoms with E-state index in [1.54, 1.807) is 16.7 Å². The van der Waals surface area contributed by atoms with E-state index < -0.39 is 5.82 Å². The monoisotopic (exact) mass is 300 g/mol. The van der Waals surface area contributed by atoms with E-state index in [0.29, 0.717) is 16.8 Å². The number of hydrogen-bond acceptors (Lipinski definition) is 3. The number of halogens is 1. The standard InChI is InChI=1S/C16H13FN2O3/c17-11-3-1-2-10-12(7-22-14(10)11)19-15(20)13-8-4-5-9(6-8)18(13)16(19)21/h1-3,7-9,20H,4-6H2. The van der Waals surface area contributed by atoms with Crippen LogP contribution in [0.5, 0.6) is 5.88 Å². The molecular formula is C16H13FN2O3. The maximum atomic E-state index is 13.8. The average molecular weight is 300 g/mol. The van der Waals surface area contributed by atoms with E-state index in [0.717, 1.165) is 19.3 Å². The number of para-hydroxylation sites is 1. The lowest BCUT2D eigenvalue weighted by atomic mass is 10.1. The zero-order valence-corrected chi connectivity index (χ0v) is 11.6. The topological polar surface area (TPSA) is 60.3 Å². The van der Waals surface area contributed by atoms with Crippen molar-refractivity contribution in [3.05, 3.63) is 46.5 Å². The van der Waals surface area contributed by atoms with Crippen LogP contribution in [0.2, 0.25) is 0 Å². The summed E-state index contributed by atoms with van der Waals surface area (Å²) >= 11 is 0. The van der Waals surface area contributed by atoms with Crippen molar-refractivity contribution in [1.82, 2.24) is 9.13 Å². The highest BCUT2D eigenvalue weighted by Gasteiger charge is 2.43. The van der Waals surface area contributed by atoms with Crippen LogP contribution in [0.4, 0.5) is 4.39 Å². The number of nitrogens with zero attached hydrogens (tertiary/aromatic N) is 2. The number of fused-ring (bicyclic) bond motifs is 6. The fourth-order valence-corrected chi connectivity index (χ4v) is 4.10. The molecule has 2 unspecified atom stereocenters. The van der Waals surface area contributed by atoms with Crippen molar-refractivity contribution in [2.24, 2.45) is 0 Å². The number of rotatable bonds is 1. The highest BCUT2D eigenvalue weighted by atomic mass is 19.1. The summed E-state index contributed by atoms with van der Waals surface area (Å²) in [6.07, 6.45) is 4.23. The fraction of sp³-hybridized carbons (Fsp3) is 0.312. The molecule has 1 aliphatic carbocycles. The first-order chi connectivity index (χ1) is 10.7. The van der Waals surface area contributed by atoms with Crippen molar-refractivity contribution in [1.29, 1.82) is 0 Å². The van der Waals surface area contributed by atoms with Gasteiger partial charge in [-0.05, 0) is 31.4 Å². The van der Waals surface area contributed by atoms with E-state index in [2.05, 4.69) is 0 Å². The summed E-state index contributed by atoms with van der Waals surface area (Å²) in [5, 5.41) is 11.0. The molecule has 5 rings (SSSR count). The first kappa shape index (κ1) is 12.1. The van der Waals surface area contributed by atoms with Crippen molar-refractivity contribution < 1.29 is 13.9 Å². The van der Waals surface area contributed by atoms with Gasteiger partial charge in [-0.1, -0.05) is 6.07 Å². The Bertz CT molecular complexity index is 981. The minimum Gasteiger partial charge on any atom is -0.493 e. The summed E-state index contributed by atoms with van der Waals surface area (Å²) in [6, 6.07) is 4.72. The zero-order valence-electron chi connectivity index (χ0n) is 11.6. The molecule has 0 radical (unpaired) electrons. The summed E-state index contributed by atoms with van der Waals surface area (Å²) < 4.78 is 22.0. The van der Waals surface area contributed by atoms with Crippen LogP contribution in [0.25, 0.3) is 16.7 Å². The van der Waals surface area contributed by atoms with Crippen molar-refractivity contribution >= 4 is 11.0 Å². The van der Waals surface area contributed by atoms with Crippen LogP contribution in [0, 0.1) is 5.82 Å². The smallest absolute Gasteiger partial charge is 0.336 e. The van der Waals surface area contributed by atoms with Gasteiger partial charge in [0.25, 0.3) is 0 Å². The maximum Gasteiger partial charge on any atom is 0.336 e. The van der Waals surface area contributed by atoms with Crippen LogP contribution in [0.1, 0.15) is 36.9 Å². The molecule has 2 aliphatic rings. The van der Waals surface area contributed by atoms with Crippen molar-refractivity contribution in [3.63, 3.8) is 0 Å². The Kier molecular flexibility index (Phi) is 2.10. The van der Waals surface area contributed by atoms with E-state index in [-0.39, 0.29) is 29.1 Å². The number of benzene rings is 1. The van der Waals surface area contributed by atoms with Gasteiger partial charge in [-0.25, -0.2) is 13.8 Å². The number of imidazole rings is 1. The molecule has 3 heterocycles. The molecule has 1 fully saturated rings. The van der Waals surface area contributed by atoms with Gasteiger partial charge < -0.3 is 9.52 Å². The first-order valence-corrected chi connectivity index (χ1v) is 7.39. The predicted octanol–water partition coefficient (Wildman–Crippen LogP) is 3.05. The molecule has 0 spiro atoms. The van der Waals surface area contributed by atoms with E-state index in [4.69, 9.17) is 4.42 Å². The zero-order chi connectivity index (χ0) is 15.0. The molecule has 22 heavy (non-hydrogen) atoms. The van der Waals surface area contributed by atoms with Crippen LogP contribution >= 0.6 is 0 Å². The summed E-state index contributed by atoms with van der Waals surface area (Å²) in [7, 11) is 0. The minimum atomic E-state index is -0.483. The molecule has 1 N–H and O–H groups in total. The lowest BCUT2D eigenvalue weighted by molar-refractivity contribution is 0.427. The minimum absolute atomic E-state index is 0.0378. The SMILES string of the molecule is O=c1n(-c2coc3c(F)cccc23)c(O)c2n1C1CCC2C1. The van der Waals surface area contributed by atoms with E-state index in [1.165, 1.54) is 16.9 Å². The Morgan fingerprint density at radius 2 is 2.18 bits per heavy atom. The van der Waals surface area contributed by atoms with Crippen LogP contribution in [0.3, 0.4) is 0 Å². The molecular weight excluding hydrogens is 287 g/mol. The highest BCUT2D eigenvalue weighted by Crippen LogP contribution is 2.51. The normalized spacial score (nSPS) is 22.6. The summed E-state index contributed by atoms with van der Waals surface area (Å²) in [5.41, 5.74) is 0.926. The van der Waals surface area contributed by atoms with Gasteiger partial charge in [-0.2, -0.15) is 0 Å². The van der Waals surface area contributed by atoms with Crippen LogP contribution < -0.4 is 5.69 Å². The quantitative estimate of drug-likeness (QED) is 0.751. The molecule has 2 aromatic heterocycles. The lowest BCUT2D eigenvalue weighted by Crippen LogP contribution is -2.25. The molecule has 112 valence electrons. The van der Waals surface area contributed by atoms with Gasteiger partial charge in [0, 0.05) is 17.3 Å². The van der Waals surface area contributed by atoms with Crippen LogP contribution in [0.15, 0.2) is 33.7 Å². The second-order valence-corrected chi connectivity index (χ2v) is 6.10.